The van der Waals surface area contributed by atoms with Crippen LogP contribution in [0.4, 0.5) is 4.39 Å². The molecule has 3 aromatic rings. The third-order valence-electron chi connectivity index (χ3n) is 3.25. The van der Waals surface area contributed by atoms with Crippen LogP contribution in [0.3, 0.4) is 0 Å². The molecule has 0 atom stereocenters. The fourth-order valence-electron chi connectivity index (χ4n) is 2.18. The van der Waals surface area contributed by atoms with Crippen LogP contribution in [-0.2, 0) is 0 Å². The monoisotopic (exact) mass is 272 g/mol. The quantitative estimate of drug-likeness (QED) is 0.649. The van der Waals surface area contributed by atoms with E-state index >= 15 is 0 Å². The number of fused-ring (bicyclic) bond motifs is 1. The van der Waals surface area contributed by atoms with E-state index in [4.69, 9.17) is 12.2 Å². The fraction of sp³-hybridized carbons (Fsp3) is 0.133. The van der Waals surface area contributed by atoms with Crippen LogP contribution in [0.2, 0.25) is 0 Å². The Hall–Kier alpha value is -1.94. The molecule has 2 nitrogen and oxygen atoms in total. The van der Waals surface area contributed by atoms with Gasteiger partial charge in [0.05, 0.1) is 11.0 Å². The summed E-state index contributed by atoms with van der Waals surface area (Å²) in [6.07, 6.45) is 0. The molecule has 1 heterocycles. The molecule has 4 heteroatoms. The standard InChI is InChI=1S/C15H13FN2S/c1-9-3-5-11(6-4-9)18-14-7-10(2)12(16)8-13(14)17-15(18)19/h3-8H,1-2H3,(H,17,19). The van der Waals surface area contributed by atoms with Gasteiger partial charge in [-0.3, -0.25) is 4.57 Å². The second-order valence-corrected chi connectivity index (χ2v) is 5.11. The summed E-state index contributed by atoms with van der Waals surface area (Å²) in [6.45, 7) is 3.79. The lowest BCUT2D eigenvalue weighted by Gasteiger charge is -2.06. The smallest absolute Gasteiger partial charge is 0.182 e. The first-order valence-electron chi connectivity index (χ1n) is 6.04. The van der Waals surface area contributed by atoms with Crippen LogP contribution in [0, 0.1) is 24.4 Å². The molecule has 0 amide bonds. The van der Waals surface area contributed by atoms with Gasteiger partial charge in [-0.15, -0.1) is 0 Å². The van der Waals surface area contributed by atoms with Gasteiger partial charge in [-0.05, 0) is 55.9 Å². The topological polar surface area (TPSA) is 20.7 Å². The SMILES string of the molecule is Cc1ccc(-n2c(=S)[nH]c3cc(F)c(C)cc32)cc1. The molecule has 0 aliphatic rings. The minimum Gasteiger partial charge on any atom is -0.330 e. The van der Waals surface area contributed by atoms with Crippen LogP contribution < -0.4 is 0 Å². The lowest BCUT2D eigenvalue weighted by atomic mass is 10.2. The highest BCUT2D eigenvalue weighted by Crippen LogP contribution is 2.22. The number of aryl methyl sites for hydroxylation is 2. The van der Waals surface area contributed by atoms with Crippen LogP contribution >= 0.6 is 12.2 Å². The van der Waals surface area contributed by atoms with Gasteiger partial charge in [-0.1, -0.05) is 17.7 Å². The number of hydrogen-bond acceptors (Lipinski definition) is 1. The van der Waals surface area contributed by atoms with Crippen molar-refractivity contribution in [1.82, 2.24) is 9.55 Å². The lowest BCUT2D eigenvalue weighted by molar-refractivity contribution is 0.620. The van der Waals surface area contributed by atoms with Gasteiger partial charge in [0, 0.05) is 5.69 Å². The van der Waals surface area contributed by atoms with Crippen LogP contribution in [0.25, 0.3) is 16.7 Å². The van der Waals surface area contributed by atoms with Crippen LogP contribution in [0.5, 0.6) is 0 Å². The first kappa shape index (κ1) is 12.1. The second-order valence-electron chi connectivity index (χ2n) is 4.72. The minimum absolute atomic E-state index is 0.222. The van der Waals surface area contributed by atoms with Crippen molar-refractivity contribution in [2.75, 3.05) is 0 Å². The van der Waals surface area contributed by atoms with Crippen molar-refractivity contribution >= 4 is 23.3 Å². The van der Waals surface area contributed by atoms with E-state index in [9.17, 15) is 4.39 Å². The summed E-state index contributed by atoms with van der Waals surface area (Å²) < 4.78 is 16.1. The zero-order valence-corrected chi connectivity index (χ0v) is 11.5. The first-order chi connectivity index (χ1) is 9.06. The van der Waals surface area contributed by atoms with Gasteiger partial charge in [0.1, 0.15) is 5.82 Å². The molecule has 0 aliphatic heterocycles. The second kappa shape index (κ2) is 4.31. The zero-order chi connectivity index (χ0) is 13.6. The summed E-state index contributed by atoms with van der Waals surface area (Å²) >= 11 is 5.34. The molecule has 0 saturated heterocycles. The molecular formula is C15H13FN2S. The summed E-state index contributed by atoms with van der Waals surface area (Å²) in [7, 11) is 0. The van der Waals surface area contributed by atoms with Gasteiger partial charge in [0.25, 0.3) is 0 Å². The number of imidazole rings is 1. The van der Waals surface area contributed by atoms with Gasteiger partial charge in [-0.25, -0.2) is 4.39 Å². The van der Waals surface area contributed by atoms with E-state index < -0.39 is 0 Å². The average Bonchev–Trinajstić information content (AvgIpc) is 2.67. The molecule has 2 aromatic carbocycles. The number of nitrogens with one attached hydrogen (secondary N) is 1. The van der Waals surface area contributed by atoms with Crippen molar-refractivity contribution in [3.05, 3.63) is 58.1 Å². The molecule has 0 spiro atoms. The van der Waals surface area contributed by atoms with Gasteiger partial charge < -0.3 is 4.98 Å². The van der Waals surface area contributed by atoms with Crippen molar-refractivity contribution in [2.24, 2.45) is 0 Å². The molecule has 0 unspecified atom stereocenters. The summed E-state index contributed by atoms with van der Waals surface area (Å²) in [5.41, 5.74) is 4.40. The van der Waals surface area contributed by atoms with Crippen molar-refractivity contribution in [3.63, 3.8) is 0 Å². The normalized spacial score (nSPS) is 11.1. The number of aromatic nitrogens is 2. The van der Waals surface area contributed by atoms with E-state index in [1.807, 2.05) is 41.8 Å². The fourth-order valence-corrected chi connectivity index (χ4v) is 2.50. The molecule has 1 N–H and O–H groups in total. The van der Waals surface area contributed by atoms with Gasteiger partial charge in [-0.2, -0.15) is 0 Å². The maximum Gasteiger partial charge on any atom is 0.182 e. The summed E-state index contributed by atoms with van der Waals surface area (Å²) in [4.78, 5) is 3.05. The van der Waals surface area contributed by atoms with E-state index in [2.05, 4.69) is 4.98 Å². The molecule has 0 radical (unpaired) electrons. The summed E-state index contributed by atoms with van der Waals surface area (Å²) in [6, 6.07) is 11.4. The zero-order valence-electron chi connectivity index (χ0n) is 10.7. The number of halogens is 1. The number of aromatic amines is 1. The van der Waals surface area contributed by atoms with E-state index in [1.54, 1.807) is 6.92 Å². The largest absolute Gasteiger partial charge is 0.330 e. The maximum absolute atomic E-state index is 13.6. The Labute approximate surface area is 115 Å². The van der Waals surface area contributed by atoms with Gasteiger partial charge >= 0.3 is 0 Å². The summed E-state index contributed by atoms with van der Waals surface area (Å²) in [5, 5.41) is 0. The van der Waals surface area contributed by atoms with Crippen molar-refractivity contribution in [2.45, 2.75) is 13.8 Å². The molecule has 19 heavy (non-hydrogen) atoms. The molecule has 0 saturated carbocycles. The van der Waals surface area contributed by atoms with Crippen LogP contribution in [0.1, 0.15) is 11.1 Å². The Morgan fingerprint density at radius 3 is 2.47 bits per heavy atom. The lowest BCUT2D eigenvalue weighted by Crippen LogP contribution is -1.94. The number of rotatable bonds is 1. The van der Waals surface area contributed by atoms with E-state index in [0.717, 1.165) is 11.2 Å². The van der Waals surface area contributed by atoms with Gasteiger partial charge in [0.2, 0.25) is 0 Å². The van der Waals surface area contributed by atoms with Crippen molar-refractivity contribution < 1.29 is 4.39 Å². The van der Waals surface area contributed by atoms with E-state index in [0.29, 0.717) is 15.9 Å². The van der Waals surface area contributed by atoms with Crippen LogP contribution in [0.15, 0.2) is 36.4 Å². The predicted molar refractivity (Wildman–Crippen MR) is 77.9 cm³/mol. The van der Waals surface area contributed by atoms with E-state index in [1.165, 1.54) is 11.6 Å². The van der Waals surface area contributed by atoms with Crippen molar-refractivity contribution in [1.29, 1.82) is 0 Å². The molecule has 3 rings (SSSR count). The third-order valence-corrected chi connectivity index (χ3v) is 3.54. The summed E-state index contributed by atoms with van der Waals surface area (Å²) in [5.74, 6) is -0.222. The maximum atomic E-state index is 13.6. The molecule has 0 bridgehead atoms. The molecule has 1 aromatic heterocycles. The molecule has 96 valence electrons. The highest BCUT2D eigenvalue weighted by atomic mass is 32.1. The predicted octanol–water partition coefficient (Wildman–Crippen LogP) is 4.44. The number of H-pyrrole nitrogens is 1. The third kappa shape index (κ3) is 1.98. The van der Waals surface area contributed by atoms with E-state index in [-0.39, 0.29) is 5.82 Å². The first-order valence-corrected chi connectivity index (χ1v) is 6.45. The molecular weight excluding hydrogens is 259 g/mol. The Morgan fingerprint density at radius 1 is 1.11 bits per heavy atom. The molecule has 0 aliphatic carbocycles. The number of nitrogens with zero attached hydrogens (tertiary/aromatic N) is 1. The average molecular weight is 272 g/mol. The molecule has 0 fully saturated rings. The number of hydrogen-bond donors (Lipinski definition) is 1. The number of benzene rings is 2. The highest BCUT2D eigenvalue weighted by Gasteiger charge is 2.09. The Balaban J connectivity index is 2.34. The van der Waals surface area contributed by atoms with Gasteiger partial charge in [0.15, 0.2) is 4.77 Å². The van der Waals surface area contributed by atoms with Crippen molar-refractivity contribution in [3.8, 4) is 5.69 Å². The minimum atomic E-state index is -0.222. The highest BCUT2D eigenvalue weighted by molar-refractivity contribution is 7.71. The Bertz CT molecular complexity index is 813. The Kier molecular flexibility index (Phi) is 2.75. The van der Waals surface area contributed by atoms with Crippen LogP contribution in [-0.4, -0.2) is 9.55 Å². The Morgan fingerprint density at radius 2 is 1.79 bits per heavy atom.